The van der Waals surface area contributed by atoms with Crippen LogP contribution < -0.4 is 10.1 Å². The summed E-state index contributed by atoms with van der Waals surface area (Å²) < 4.78 is 5.68. The van der Waals surface area contributed by atoms with Crippen molar-refractivity contribution in [2.45, 2.75) is 13.3 Å². The Bertz CT molecular complexity index is 1110. The number of anilines is 1. The normalized spacial score (nSPS) is 25.6. The van der Waals surface area contributed by atoms with E-state index < -0.39 is 0 Å². The lowest BCUT2D eigenvalue weighted by atomic mass is 9.85. The van der Waals surface area contributed by atoms with Gasteiger partial charge in [0, 0.05) is 11.3 Å². The molecular weight excluding hydrogens is 406 g/mol. The summed E-state index contributed by atoms with van der Waals surface area (Å²) >= 11 is 0. The third-order valence-electron chi connectivity index (χ3n) is 6.37. The van der Waals surface area contributed by atoms with E-state index in [2.05, 4.69) is 22.6 Å². The number of fused-ring (bicyclic) bond motifs is 5. The average Bonchev–Trinajstić information content (AvgIpc) is 3.47. The van der Waals surface area contributed by atoms with Crippen molar-refractivity contribution in [2.24, 2.45) is 28.8 Å². The smallest absolute Gasteiger partial charge is 0.262 e. The number of aryl methyl sites for hydroxylation is 1. The molecule has 4 atom stereocenters. The van der Waals surface area contributed by atoms with Gasteiger partial charge in [-0.3, -0.25) is 14.4 Å². The van der Waals surface area contributed by atoms with Crippen molar-refractivity contribution in [3.05, 3.63) is 71.8 Å². The molecule has 0 unspecified atom stereocenters. The van der Waals surface area contributed by atoms with Crippen LogP contribution in [-0.4, -0.2) is 35.6 Å². The molecule has 1 saturated heterocycles. The van der Waals surface area contributed by atoms with Gasteiger partial charge in [0.15, 0.2) is 6.61 Å². The fourth-order valence-electron chi connectivity index (χ4n) is 4.82. The highest BCUT2D eigenvalue weighted by molar-refractivity contribution is 6.07. The molecule has 1 aliphatic heterocycles. The molecule has 3 aliphatic rings. The number of carbonyl (C=O) groups is 3. The van der Waals surface area contributed by atoms with E-state index in [4.69, 9.17) is 4.74 Å². The van der Waals surface area contributed by atoms with E-state index in [-0.39, 0.29) is 48.0 Å². The molecular formula is C25H23N3O4. The molecule has 1 heterocycles. The molecule has 32 heavy (non-hydrogen) atoms. The highest BCUT2D eigenvalue weighted by atomic mass is 16.5. The summed E-state index contributed by atoms with van der Waals surface area (Å²) in [5.74, 6) is -0.600. The van der Waals surface area contributed by atoms with Gasteiger partial charge in [-0.25, -0.2) is 0 Å². The maximum Gasteiger partial charge on any atom is 0.262 e. The Balaban J connectivity index is 1.24. The van der Waals surface area contributed by atoms with Gasteiger partial charge in [0.2, 0.25) is 0 Å². The number of benzene rings is 2. The van der Waals surface area contributed by atoms with Crippen molar-refractivity contribution in [3.63, 3.8) is 0 Å². The van der Waals surface area contributed by atoms with Crippen molar-refractivity contribution in [1.82, 2.24) is 5.01 Å². The molecule has 2 bridgehead atoms. The van der Waals surface area contributed by atoms with Crippen LogP contribution in [0.5, 0.6) is 5.75 Å². The topological polar surface area (TPSA) is 88.1 Å². The Kier molecular flexibility index (Phi) is 5.09. The van der Waals surface area contributed by atoms with Gasteiger partial charge in [-0.2, -0.15) is 10.1 Å². The average molecular weight is 429 g/mol. The number of imide groups is 1. The Morgan fingerprint density at radius 2 is 1.72 bits per heavy atom. The number of hydrogen-bond acceptors (Lipinski definition) is 5. The zero-order chi connectivity index (χ0) is 22.2. The van der Waals surface area contributed by atoms with Crippen molar-refractivity contribution >= 4 is 29.6 Å². The maximum atomic E-state index is 12.8. The van der Waals surface area contributed by atoms with Gasteiger partial charge in [-0.1, -0.05) is 42.0 Å². The zero-order valence-corrected chi connectivity index (χ0v) is 17.6. The highest BCUT2D eigenvalue weighted by Crippen LogP contribution is 2.52. The summed E-state index contributed by atoms with van der Waals surface area (Å²) in [6.45, 7) is 1.80. The zero-order valence-electron chi connectivity index (χ0n) is 17.6. The summed E-state index contributed by atoms with van der Waals surface area (Å²) in [5, 5.41) is 7.98. The lowest BCUT2D eigenvalue weighted by Crippen LogP contribution is -2.28. The number of nitrogens with one attached hydrogen (secondary N) is 1. The van der Waals surface area contributed by atoms with E-state index in [0.717, 1.165) is 17.0 Å². The van der Waals surface area contributed by atoms with E-state index in [1.54, 1.807) is 24.3 Å². The maximum absolute atomic E-state index is 12.8. The lowest BCUT2D eigenvalue weighted by molar-refractivity contribution is -0.140. The van der Waals surface area contributed by atoms with Crippen LogP contribution in [0.1, 0.15) is 17.5 Å². The number of ether oxygens (including phenoxy) is 1. The van der Waals surface area contributed by atoms with E-state index in [1.165, 1.54) is 6.21 Å². The molecule has 2 aliphatic carbocycles. The Labute approximate surface area is 185 Å². The van der Waals surface area contributed by atoms with Gasteiger partial charge in [-0.15, -0.1) is 0 Å². The van der Waals surface area contributed by atoms with E-state index in [9.17, 15) is 14.4 Å². The first-order valence-electron chi connectivity index (χ1n) is 10.7. The molecule has 3 amide bonds. The molecule has 1 saturated carbocycles. The number of hydrazone groups is 1. The first-order valence-corrected chi connectivity index (χ1v) is 10.7. The first-order chi connectivity index (χ1) is 15.5. The van der Waals surface area contributed by atoms with Gasteiger partial charge < -0.3 is 10.1 Å². The highest BCUT2D eigenvalue weighted by Gasteiger charge is 2.59. The SMILES string of the molecule is Cc1ccc(NC(=O)COc2ccccc2C=NN2C(=O)[C@@H]3[C@H](C2=O)[C@H]2C=C[C@H]3C2)cc1. The minimum Gasteiger partial charge on any atom is -0.483 e. The molecule has 0 radical (unpaired) electrons. The number of carbonyl (C=O) groups excluding carboxylic acids is 3. The number of para-hydroxylation sites is 1. The molecule has 2 aromatic rings. The molecule has 2 aromatic carbocycles. The van der Waals surface area contributed by atoms with Gasteiger partial charge in [0.05, 0.1) is 18.1 Å². The second kappa shape index (κ2) is 8.07. The molecule has 7 heteroatoms. The molecule has 162 valence electrons. The van der Waals surface area contributed by atoms with Gasteiger partial charge >= 0.3 is 0 Å². The Morgan fingerprint density at radius 3 is 2.41 bits per heavy atom. The van der Waals surface area contributed by atoms with E-state index in [1.807, 2.05) is 31.2 Å². The molecule has 0 spiro atoms. The Morgan fingerprint density at radius 1 is 1.06 bits per heavy atom. The van der Waals surface area contributed by atoms with E-state index in [0.29, 0.717) is 17.0 Å². The monoisotopic (exact) mass is 429 g/mol. The predicted molar refractivity (Wildman–Crippen MR) is 119 cm³/mol. The van der Waals surface area contributed by atoms with Crippen LogP contribution in [0.25, 0.3) is 0 Å². The lowest BCUT2D eigenvalue weighted by Gasteiger charge is -2.13. The Hall–Kier alpha value is -3.74. The van der Waals surface area contributed by atoms with Crippen LogP contribution in [-0.2, 0) is 14.4 Å². The summed E-state index contributed by atoms with van der Waals surface area (Å²) in [7, 11) is 0. The molecule has 2 fully saturated rings. The van der Waals surface area contributed by atoms with Crippen molar-refractivity contribution in [3.8, 4) is 5.75 Å². The van der Waals surface area contributed by atoms with Crippen molar-refractivity contribution in [1.29, 1.82) is 0 Å². The standard InChI is InChI=1S/C25H23N3O4/c1-15-6-10-19(11-7-15)27-21(29)14-32-20-5-3-2-4-18(20)13-26-28-24(30)22-16-8-9-17(12-16)23(22)25(28)31/h2-11,13,16-17,22-23H,12,14H2,1H3,(H,27,29)/t16-,17-,22-,23+/m0/s1. The number of hydrogen-bond donors (Lipinski definition) is 1. The fraction of sp³-hybridized carbons (Fsp3) is 0.280. The summed E-state index contributed by atoms with van der Waals surface area (Å²) in [6.07, 6.45) is 6.43. The quantitative estimate of drug-likeness (QED) is 0.434. The molecule has 0 aromatic heterocycles. The summed E-state index contributed by atoms with van der Waals surface area (Å²) in [5.41, 5.74) is 2.38. The van der Waals surface area contributed by atoms with Crippen molar-refractivity contribution in [2.75, 3.05) is 11.9 Å². The van der Waals surface area contributed by atoms with Crippen LogP contribution >= 0.6 is 0 Å². The third-order valence-corrected chi connectivity index (χ3v) is 6.37. The molecule has 7 nitrogen and oxygen atoms in total. The first kappa shape index (κ1) is 20.2. The third kappa shape index (κ3) is 3.60. The second-order valence-corrected chi connectivity index (χ2v) is 8.47. The van der Waals surface area contributed by atoms with Crippen molar-refractivity contribution < 1.29 is 19.1 Å². The van der Waals surface area contributed by atoms with Gasteiger partial charge in [-0.05, 0) is 49.4 Å². The second-order valence-electron chi connectivity index (χ2n) is 8.47. The number of allylic oxidation sites excluding steroid dienone is 2. The largest absolute Gasteiger partial charge is 0.483 e. The minimum absolute atomic E-state index is 0.143. The number of nitrogens with zero attached hydrogens (tertiary/aromatic N) is 2. The van der Waals surface area contributed by atoms with Crippen LogP contribution in [0.4, 0.5) is 5.69 Å². The van der Waals surface area contributed by atoms with Crippen LogP contribution in [0, 0.1) is 30.6 Å². The van der Waals surface area contributed by atoms with Crippen LogP contribution in [0.3, 0.4) is 0 Å². The summed E-state index contributed by atoms with van der Waals surface area (Å²) in [4.78, 5) is 37.8. The van der Waals surface area contributed by atoms with Crippen LogP contribution in [0.15, 0.2) is 65.8 Å². The van der Waals surface area contributed by atoms with Crippen LogP contribution in [0.2, 0.25) is 0 Å². The summed E-state index contributed by atoms with van der Waals surface area (Å²) in [6, 6.07) is 14.5. The van der Waals surface area contributed by atoms with Gasteiger partial charge in [0.1, 0.15) is 5.75 Å². The predicted octanol–water partition coefficient (Wildman–Crippen LogP) is 3.15. The molecule has 1 N–H and O–H groups in total. The number of rotatable bonds is 6. The molecule has 5 rings (SSSR count). The van der Waals surface area contributed by atoms with Gasteiger partial charge in [0.25, 0.3) is 17.7 Å². The van der Waals surface area contributed by atoms with E-state index >= 15 is 0 Å². The fourth-order valence-corrected chi connectivity index (χ4v) is 4.82. The minimum atomic E-state index is -0.290. The number of amides is 3.